The average molecular weight is 274 g/mol. The Bertz CT molecular complexity index is 636. The third-order valence-electron chi connectivity index (χ3n) is 3.41. The van der Waals surface area contributed by atoms with E-state index in [1.807, 2.05) is 32.0 Å². The van der Waals surface area contributed by atoms with Gasteiger partial charge in [0.25, 0.3) is 0 Å². The predicted octanol–water partition coefficient (Wildman–Crippen LogP) is 1.20. The summed E-state index contributed by atoms with van der Waals surface area (Å²) in [6.45, 7) is 4.10. The maximum absolute atomic E-state index is 10.4. The molecule has 1 aromatic heterocycles. The van der Waals surface area contributed by atoms with Crippen molar-refractivity contribution in [1.82, 2.24) is 20.2 Å². The van der Waals surface area contributed by atoms with Crippen molar-refractivity contribution < 1.29 is 9.84 Å². The van der Waals surface area contributed by atoms with Crippen molar-refractivity contribution in [2.45, 2.75) is 38.4 Å². The number of hydrogen-bond donors (Lipinski definition) is 1. The number of benzene rings is 1. The maximum atomic E-state index is 10.4. The lowest BCUT2D eigenvalue weighted by Crippen LogP contribution is -2.25. The Labute approximate surface area is 117 Å². The van der Waals surface area contributed by atoms with Crippen LogP contribution in [0.15, 0.2) is 18.2 Å². The van der Waals surface area contributed by atoms with Crippen LogP contribution in [-0.2, 0) is 19.9 Å². The second-order valence-corrected chi connectivity index (χ2v) is 5.79. The second kappa shape index (κ2) is 4.56. The van der Waals surface area contributed by atoms with Crippen molar-refractivity contribution in [2.75, 3.05) is 0 Å². The number of nitrogens with zero attached hydrogens (tertiary/aromatic N) is 4. The Kier molecular flexibility index (Phi) is 2.97. The van der Waals surface area contributed by atoms with E-state index in [0.29, 0.717) is 12.2 Å². The summed E-state index contributed by atoms with van der Waals surface area (Å²) in [7, 11) is 1.70. The number of aromatic nitrogens is 4. The molecule has 2 heterocycles. The largest absolute Gasteiger partial charge is 0.487 e. The van der Waals surface area contributed by atoms with Crippen LogP contribution >= 0.6 is 0 Å². The van der Waals surface area contributed by atoms with E-state index < -0.39 is 6.10 Å². The normalized spacial score (nSPS) is 17.6. The first kappa shape index (κ1) is 13.1. The van der Waals surface area contributed by atoms with Gasteiger partial charge in [-0.15, -0.1) is 10.2 Å². The molecular weight excluding hydrogens is 256 g/mol. The van der Waals surface area contributed by atoms with Gasteiger partial charge in [-0.1, -0.05) is 18.2 Å². The molecule has 6 heteroatoms. The van der Waals surface area contributed by atoms with E-state index in [-0.39, 0.29) is 5.60 Å². The van der Waals surface area contributed by atoms with Crippen LogP contribution in [0.25, 0.3) is 0 Å². The molecule has 0 amide bonds. The summed E-state index contributed by atoms with van der Waals surface area (Å²) < 4.78 is 5.97. The lowest BCUT2D eigenvalue weighted by molar-refractivity contribution is 0.125. The van der Waals surface area contributed by atoms with E-state index in [0.717, 1.165) is 23.3 Å². The zero-order valence-electron chi connectivity index (χ0n) is 11.9. The zero-order chi connectivity index (χ0) is 14.3. The first-order valence-electron chi connectivity index (χ1n) is 6.66. The van der Waals surface area contributed by atoms with Crippen molar-refractivity contribution in [2.24, 2.45) is 7.05 Å². The maximum Gasteiger partial charge on any atom is 0.177 e. The highest BCUT2D eigenvalue weighted by molar-refractivity contribution is 5.46. The third-order valence-corrected chi connectivity index (χ3v) is 3.41. The summed E-state index contributed by atoms with van der Waals surface area (Å²) in [4.78, 5) is 1.39. The van der Waals surface area contributed by atoms with Gasteiger partial charge in [0.2, 0.25) is 0 Å². The fraction of sp³-hybridized carbons (Fsp3) is 0.500. The molecule has 1 aliphatic heterocycles. The molecule has 0 aliphatic carbocycles. The highest BCUT2D eigenvalue weighted by Gasteiger charge is 2.33. The number of fused-ring (bicyclic) bond motifs is 1. The summed E-state index contributed by atoms with van der Waals surface area (Å²) in [5, 5.41) is 22.2. The smallest absolute Gasteiger partial charge is 0.177 e. The van der Waals surface area contributed by atoms with Gasteiger partial charge in [0.1, 0.15) is 11.4 Å². The van der Waals surface area contributed by atoms with Gasteiger partial charge in [0, 0.05) is 18.4 Å². The molecule has 0 bridgehead atoms. The number of rotatable bonds is 3. The fourth-order valence-electron chi connectivity index (χ4n) is 2.59. The molecule has 20 heavy (non-hydrogen) atoms. The summed E-state index contributed by atoms with van der Waals surface area (Å²) >= 11 is 0. The molecule has 3 rings (SSSR count). The van der Waals surface area contributed by atoms with Crippen molar-refractivity contribution >= 4 is 0 Å². The second-order valence-electron chi connectivity index (χ2n) is 5.79. The summed E-state index contributed by atoms with van der Waals surface area (Å²) in [6, 6.07) is 5.88. The number of hydrogen-bond acceptors (Lipinski definition) is 5. The minimum Gasteiger partial charge on any atom is -0.487 e. The third kappa shape index (κ3) is 2.38. The SMILES string of the molecule is Cn1nnc(CC(O)c2cccc3c2OC(C)(C)C3)n1. The monoisotopic (exact) mass is 274 g/mol. The first-order chi connectivity index (χ1) is 9.44. The lowest BCUT2D eigenvalue weighted by atomic mass is 9.98. The van der Waals surface area contributed by atoms with Crippen LogP contribution in [0.3, 0.4) is 0 Å². The Balaban J connectivity index is 1.86. The molecule has 1 N–H and O–H groups in total. The quantitative estimate of drug-likeness (QED) is 0.910. The van der Waals surface area contributed by atoms with E-state index in [1.165, 1.54) is 4.80 Å². The van der Waals surface area contributed by atoms with Crippen molar-refractivity contribution in [3.63, 3.8) is 0 Å². The first-order valence-corrected chi connectivity index (χ1v) is 6.66. The molecule has 0 saturated carbocycles. The molecule has 1 aromatic carbocycles. The number of para-hydroxylation sites is 1. The number of aliphatic hydroxyl groups is 1. The van der Waals surface area contributed by atoms with E-state index in [4.69, 9.17) is 4.74 Å². The molecule has 106 valence electrons. The lowest BCUT2D eigenvalue weighted by Gasteiger charge is -2.19. The Morgan fingerprint density at radius 3 is 2.95 bits per heavy atom. The Morgan fingerprint density at radius 1 is 1.45 bits per heavy atom. The summed E-state index contributed by atoms with van der Waals surface area (Å²) in [5.74, 6) is 1.32. The molecule has 0 saturated heterocycles. The standard InChI is InChI=1S/C14H18N4O2/c1-14(2)8-9-5-4-6-10(13(9)20-14)11(19)7-12-15-17-18(3)16-12/h4-6,11,19H,7-8H2,1-3H3. The minimum absolute atomic E-state index is 0.219. The fourth-order valence-corrected chi connectivity index (χ4v) is 2.59. The molecule has 6 nitrogen and oxygen atoms in total. The minimum atomic E-state index is -0.692. The van der Waals surface area contributed by atoms with Crippen molar-refractivity contribution in [3.05, 3.63) is 35.2 Å². The van der Waals surface area contributed by atoms with Gasteiger partial charge in [-0.2, -0.15) is 4.80 Å². The van der Waals surface area contributed by atoms with Crippen LogP contribution in [0.2, 0.25) is 0 Å². The van der Waals surface area contributed by atoms with Crippen LogP contribution in [-0.4, -0.2) is 30.9 Å². The molecule has 1 unspecified atom stereocenters. The van der Waals surface area contributed by atoms with Gasteiger partial charge < -0.3 is 9.84 Å². The molecule has 2 aromatic rings. The molecule has 1 atom stereocenters. The molecule has 1 aliphatic rings. The summed E-state index contributed by atoms with van der Waals surface area (Å²) in [6.07, 6.45) is 0.489. The van der Waals surface area contributed by atoms with Gasteiger partial charge in [-0.05, 0) is 24.6 Å². The van der Waals surface area contributed by atoms with Gasteiger partial charge in [-0.25, -0.2) is 0 Å². The van der Waals surface area contributed by atoms with Gasteiger partial charge in [-0.3, -0.25) is 0 Å². The molecule has 0 radical (unpaired) electrons. The molecule has 0 spiro atoms. The number of aliphatic hydroxyl groups excluding tert-OH is 1. The van der Waals surface area contributed by atoms with Crippen molar-refractivity contribution in [1.29, 1.82) is 0 Å². The van der Waals surface area contributed by atoms with E-state index in [2.05, 4.69) is 15.4 Å². The van der Waals surface area contributed by atoms with Gasteiger partial charge >= 0.3 is 0 Å². The van der Waals surface area contributed by atoms with Crippen molar-refractivity contribution in [3.8, 4) is 5.75 Å². The Hall–Kier alpha value is -1.95. The van der Waals surface area contributed by atoms with Crippen LogP contribution in [0.4, 0.5) is 0 Å². The molecular formula is C14H18N4O2. The van der Waals surface area contributed by atoms with Crippen LogP contribution in [0.1, 0.15) is 36.9 Å². The average Bonchev–Trinajstić information content (AvgIpc) is 2.89. The van der Waals surface area contributed by atoms with E-state index in [9.17, 15) is 5.11 Å². The highest BCUT2D eigenvalue weighted by Crippen LogP contribution is 2.40. The number of aryl methyl sites for hydroxylation is 1. The topological polar surface area (TPSA) is 73.1 Å². The van der Waals surface area contributed by atoms with Gasteiger partial charge in [0.05, 0.1) is 13.2 Å². The predicted molar refractivity (Wildman–Crippen MR) is 72.3 cm³/mol. The zero-order valence-corrected chi connectivity index (χ0v) is 11.9. The summed E-state index contributed by atoms with van der Waals surface area (Å²) in [5.41, 5.74) is 1.71. The van der Waals surface area contributed by atoms with Crippen LogP contribution < -0.4 is 4.74 Å². The number of ether oxygens (including phenoxy) is 1. The van der Waals surface area contributed by atoms with E-state index in [1.54, 1.807) is 7.05 Å². The Morgan fingerprint density at radius 2 is 2.25 bits per heavy atom. The van der Waals surface area contributed by atoms with Gasteiger partial charge in [0.15, 0.2) is 5.82 Å². The van der Waals surface area contributed by atoms with Crippen LogP contribution in [0, 0.1) is 0 Å². The number of tetrazole rings is 1. The van der Waals surface area contributed by atoms with Crippen LogP contribution in [0.5, 0.6) is 5.75 Å². The van der Waals surface area contributed by atoms with E-state index >= 15 is 0 Å². The molecule has 0 fully saturated rings. The highest BCUT2D eigenvalue weighted by atomic mass is 16.5.